The topological polar surface area (TPSA) is 58.9 Å². The van der Waals surface area contributed by atoms with Gasteiger partial charge in [0.25, 0.3) is 0 Å². The number of carbonyl (C=O) groups is 1. The van der Waals surface area contributed by atoms with Gasteiger partial charge < -0.3 is 10.7 Å². The lowest BCUT2D eigenvalue weighted by atomic mass is 10.0. The predicted octanol–water partition coefficient (Wildman–Crippen LogP) is 3.77. The van der Waals surface area contributed by atoms with Crippen molar-refractivity contribution in [3.63, 3.8) is 0 Å². The average Bonchev–Trinajstić information content (AvgIpc) is 2.86. The van der Waals surface area contributed by atoms with Crippen LogP contribution in [0.4, 0.5) is 10.1 Å². The number of carbonyl (C=O) groups excluding carboxylic acids is 1. The fraction of sp³-hybridized carbons (Fsp3) is 0. The predicted molar refractivity (Wildman–Crippen MR) is 77.6 cm³/mol. The Hall–Kier alpha value is -2.33. The minimum atomic E-state index is -0.538. The van der Waals surface area contributed by atoms with Gasteiger partial charge in [-0.3, -0.25) is 4.79 Å². The van der Waals surface area contributed by atoms with E-state index in [0.29, 0.717) is 21.7 Å². The molecule has 0 fully saturated rings. The minimum Gasteiger partial charge on any atom is -0.396 e. The molecule has 3 nitrogen and oxygen atoms in total. The fourth-order valence-corrected chi connectivity index (χ4v) is 2.37. The van der Waals surface area contributed by atoms with Gasteiger partial charge in [-0.15, -0.1) is 0 Å². The molecule has 0 radical (unpaired) electrons. The Morgan fingerprint density at radius 2 is 2.05 bits per heavy atom. The number of aromatic nitrogens is 1. The van der Waals surface area contributed by atoms with Gasteiger partial charge in [0.15, 0.2) is 5.78 Å². The summed E-state index contributed by atoms with van der Waals surface area (Å²) in [6.45, 7) is 0. The van der Waals surface area contributed by atoms with Crippen molar-refractivity contribution in [3.8, 4) is 0 Å². The summed E-state index contributed by atoms with van der Waals surface area (Å²) in [6, 6.07) is 9.25. The van der Waals surface area contributed by atoms with Crippen molar-refractivity contribution in [2.45, 2.75) is 0 Å². The molecule has 2 aromatic carbocycles. The molecule has 5 heteroatoms. The van der Waals surface area contributed by atoms with Crippen LogP contribution >= 0.6 is 11.6 Å². The largest absolute Gasteiger partial charge is 0.396 e. The summed E-state index contributed by atoms with van der Waals surface area (Å²) >= 11 is 6.05. The van der Waals surface area contributed by atoms with E-state index in [9.17, 15) is 9.18 Å². The Morgan fingerprint density at radius 1 is 1.25 bits per heavy atom. The number of halogens is 2. The second kappa shape index (κ2) is 4.65. The number of hydrogen-bond donors (Lipinski definition) is 2. The smallest absolute Gasteiger partial charge is 0.195 e. The van der Waals surface area contributed by atoms with E-state index in [4.69, 9.17) is 17.3 Å². The maximum Gasteiger partial charge on any atom is 0.195 e. The molecule has 0 aliphatic rings. The highest BCUT2D eigenvalue weighted by molar-refractivity contribution is 6.35. The fourth-order valence-electron chi connectivity index (χ4n) is 2.15. The van der Waals surface area contributed by atoms with E-state index >= 15 is 0 Å². The Morgan fingerprint density at radius 3 is 2.80 bits per heavy atom. The molecule has 0 aliphatic carbocycles. The van der Waals surface area contributed by atoms with Crippen LogP contribution in [-0.4, -0.2) is 10.8 Å². The molecule has 0 saturated carbocycles. The standard InChI is InChI=1S/C15H10ClFN2O/c16-11-3-1-2-9-10(7-19-14(9)11)15(20)8-4-5-12(17)13(18)6-8/h1-7,19H,18H2. The number of aromatic amines is 1. The molecule has 1 heterocycles. The van der Waals surface area contributed by atoms with Gasteiger partial charge >= 0.3 is 0 Å². The molecule has 100 valence electrons. The first-order valence-electron chi connectivity index (χ1n) is 5.93. The van der Waals surface area contributed by atoms with Gasteiger partial charge in [0.2, 0.25) is 0 Å². The summed E-state index contributed by atoms with van der Waals surface area (Å²) in [5.74, 6) is -0.770. The molecule has 1 aromatic heterocycles. The van der Waals surface area contributed by atoms with Gasteiger partial charge in [-0.05, 0) is 24.3 Å². The van der Waals surface area contributed by atoms with E-state index in [-0.39, 0.29) is 11.5 Å². The lowest BCUT2D eigenvalue weighted by Crippen LogP contribution is -2.02. The average molecular weight is 289 g/mol. The zero-order valence-electron chi connectivity index (χ0n) is 10.3. The van der Waals surface area contributed by atoms with Crippen LogP contribution in [-0.2, 0) is 0 Å². The molecule has 3 rings (SSSR count). The number of fused-ring (bicyclic) bond motifs is 1. The zero-order chi connectivity index (χ0) is 14.3. The van der Waals surface area contributed by atoms with Crippen molar-refractivity contribution < 1.29 is 9.18 Å². The van der Waals surface area contributed by atoms with E-state index < -0.39 is 5.82 Å². The maximum atomic E-state index is 13.2. The number of hydrogen-bond acceptors (Lipinski definition) is 2. The normalized spacial score (nSPS) is 10.9. The summed E-state index contributed by atoms with van der Waals surface area (Å²) in [5.41, 5.74) is 6.96. The molecule has 0 spiro atoms. The quantitative estimate of drug-likeness (QED) is 0.557. The first-order valence-corrected chi connectivity index (χ1v) is 6.31. The number of rotatable bonds is 2. The lowest BCUT2D eigenvalue weighted by molar-refractivity contribution is 0.104. The van der Waals surface area contributed by atoms with Gasteiger partial charge in [-0.2, -0.15) is 0 Å². The van der Waals surface area contributed by atoms with Crippen molar-refractivity contribution in [1.82, 2.24) is 4.98 Å². The molecule has 0 atom stereocenters. The zero-order valence-corrected chi connectivity index (χ0v) is 11.0. The van der Waals surface area contributed by atoms with Crippen LogP contribution in [0.5, 0.6) is 0 Å². The van der Waals surface area contributed by atoms with Crippen LogP contribution in [0.2, 0.25) is 5.02 Å². The van der Waals surface area contributed by atoms with Crippen LogP contribution in [0.1, 0.15) is 15.9 Å². The number of benzene rings is 2. The number of para-hydroxylation sites is 1. The van der Waals surface area contributed by atoms with E-state index in [1.54, 1.807) is 24.4 Å². The summed E-state index contributed by atoms with van der Waals surface area (Å²) in [5, 5.41) is 1.27. The number of nitrogens with one attached hydrogen (secondary N) is 1. The highest BCUT2D eigenvalue weighted by Gasteiger charge is 2.16. The molecule has 0 unspecified atom stereocenters. The van der Waals surface area contributed by atoms with Crippen molar-refractivity contribution in [1.29, 1.82) is 0 Å². The van der Waals surface area contributed by atoms with E-state index in [1.807, 2.05) is 0 Å². The summed E-state index contributed by atoms with van der Waals surface area (Å²) < 4.78 is 13.2. The summed E-state index contributed by atoms with van der Waals surface area (Å²) in [7, 11) is 0. The molecule has 0 aliphatic heterocycles. The van der Waals surface area contributed by atoms with Gasteiger partial charge in [-0.1, -0.05) is 23.7 Å². The van der Waals surface area contributed by atoms with Crippen LogP contribution < -0.4 is 5.73 Å². The molecular weight excluding hydrogens is 279 g/mol. The molecular formula is C15H10ClFN2O. The number of nitrogens with two attached hydrogens (primary N) is 1. The third-order valence-electron chi connectivity index (χ3n) is 3.17. The van der Waals surface area contributed by atoms with Crippen molar-refractivity contribution in [2.24, 2.45) is 0 Å². The molecule has 0 bridgehead atoms. The van der Waals surface area contributed by atoms with Crippen LogP contribution in [0.3, 0.4) is 0 Å². The van der Waals surface area contributed by atoms with E-state index in [2.05, 4.69) is 4.98 Å². The van der Waals surface area contributed by atoms with Crippen LogP contribution in [0.25, 0.3) is 10.9 Å². The Kier molecular flexibility index (Phi) is 2.95. The van der Waals surface area contributed by atoms with Crippen LogP contribution in [0, 0.1) is 5.82 Å². The lowest BCUT2D eigenvalue weighted by Gasteiger charge is -2.02. The first kappa shape index (κ1) is 12.7. The van der Waals surface area contributed by atoms with Crippen molar-refractivity contribution >= 4 is 34.0 Å². The second-order valence-electron chi connectivity index (χ2n) is 4.43. The highest BCUT2D eigenvalue weighted by Crippen LogP contribution is 2.27. The first-order chi connectivity index (χ1) is 9.58. The van der Waals surface area contributed by atoms with Crippen molar-refractivity contribution in [3.05, 3.63) is 64.6 Å². The maximum absolute atomic E-state index is 13.2. The van der Waals surface area contributed by atoms with Gasteiger partial charge in [0.05, 0.1) is 16.2 Å². The van der Waals surface area contributed by atoms with E-state index in [1.165, 1.54) is 18.2 Å². The number of H-pyrrole nitrogens is 1. The van der Waals surface area contributed by atoms with Crippen LogP contribution in [0.15, 0.2) is 42.6 Å². The minimum absolute atomic E-state index is 0.0475. The Balaban J connectivity index is 2.13. The van der Waals surface area contributed by atoms with Gasteiger partial charge in [0, 0.05) is 22.7 Å². The second-order valence-corrected chi connectivity index (χ2v) is 4.84. The number of ketones is 1. The SMILES string of the molecule is Nc1cc(C(=O)c2c[nH]c3c(Cl)cccc23)ccc1F. The molecule has 3 N–H and O–H groups in total. The third kappa shape index (κ3) is 1.94. The third-order valence-corrected chi connectivity index (χ3v) is 3.48. The monoisotopic (exact) mass is 288 g/mol. The molecule has 0 saturated heterocycles. The molecule has 20 heavy (non-hydrogen) atoms. The van der Waals surface area contributed by atoms with Crippen molar-refractivity contribution in [2.75, 3.05) is 5.73 Å². The number of nitrogen functional groups attached to an aromatic ring is 1. The Bertz CT molecular complexity index is 826. The highest BCUT2D eigenvalue weighted by atomic mass is 35.5. The Labute approximate surface area is 119 Å². The van der Waals surface area contributed by atoms with E-state index in [0.717, 1.165) is 5.39 Å². The summed E-state index contributed by atoms with van der Waals surface area (Å²) in [4.78, 5) is 15.4. The summed E-state index contributed by atoms with van der Waals surface area (Å²) in [6.07, 6.45) is 1.60. The number of anilines is 1. The van der Waals surface area contributed by atoms with Gasteiger partial charge in [0.1, 0.15) is 5.82 Å². The molecule has 3 aromatic rings. The van der Waals surface area contributed by atoms with Gasteiger partial charge in [-0.25, -0.2) is 4.39 Å². The molecule has 0 amide bonds.